The van der Waals surface area contributed by atoms with Gasteiger partial charge in [-0.2, -0.15) is 0 Å². The van der Waals surface area contributed by atoms with Crippen LogP contribution in [-0.4, -0.2) is 52.0 Å². The van der Waals surface area contributed by atoms with E-state index >= 15 is 0 Å². The molecule has 0 bridgehead atoms. The highest BCUT2D eigenvalue weighted by molar-refractivity contribution is 6.02. The standard InChI is InChI=1S/C24H28N6O2/c1-24(2,13-31)12-26-23(32)14-5-6-16-18(11-29(3)20(16)7-14)19-8-17-21-15(10-27-30(21)4)9-25-22(17)28-19/h5-11,21,27-28,31H,12-13H2,1-4H3,(H,26,32). The molecule has 0 saturated carbocycles. The summed E-state index contributed by atoms with van der Waals surface area (Å²) >= 11 is 0. The number of fused-ring (bicyclic) bond motifs is 4. The molecule has 2 aliphatic heterocycles. The lowest BCUT2D eigenvalue weighted by molar-refractivity contribution is 0.0911. The van der Waals surface area contributed by atoms with E-state index in [1.54, 1.807) is 0 Å². The number of rotatable bonds is 5. The Morgan fingerprint density at radius 1 is 1.28 bits per heavy atom. The summed E-state index contributed by atoms with van der Waals surface area (Å²) in [4.78, 5) is 20.7. The molecule has 0 aliphatic carbocycles. The molecule has 1 aromatic carbocycles. The van der Waals surface area contributed by atoms with Gasteiger partial charge >= 0.3 is 0 Å². The number of aliphatic imine (C=N–C) groups is 1. The Balaban J connectivity index is 1.47. The van der Waals surface area contributed by atoms with Crippen molar-refractivity contribution < 1.29 is 9.90 Å². The fourth-order valence-corrected chi connectivity index (χ4v) is 4.33. The van der Waals surface area contributed by atoms with Gasteiger partial charge in [0.2, 0.25) is 0 Å². The molecule has 166 valence electrons. The molecule has 1 amide bonds. The summed E-state index contributed by atoms with van der Waals surface area (Å²) in [5, 5.41) is 15.5. The van der Waals surface area contributed by atoms with Gasteiger partial charge in [-0.05, 0) is 18.2 Å². The molecule has 0 spiro atoms. The largest absolute Gasteiger partial charge is 0.396 e. The van der Waals surface area contributed by atoms with Crippen molar-refractivity contribution in [2.45, 2.75) is 19.9 Å². The van der Waals surface area contributed by atoms with Gasteiger partial charge in [-0.1, -0.05) is 19.9 Å². The molecule has 0 saturated heterocycles. The van der Waals surface area contributed by atoms with Gasteiger partial charge in [0.15, 0.2) is 0 Å². The van der Waals surface area contributed by atoms with Crippen LogP contribution in [0.5, 0.6) is 0 Å². The van der Waals surface area contributed by atoms with Crippen LogP contribution < -0.4 is 10.7 Å². The third-order valence-corrected chi connectivity index (χ3v) is 6.30. The van der Waals surface area contributed by atoms with Crippen molar-refractivity contribution in [3.8, 4) is 11.3 Å². The SMILES string of the molecule is CN1NC=C2C=Nc3[nH]c(-c4cn(C)c5cc(C(=O)NCC(C)(C)CO)ccc45)cc3C21. The smallest absolute Gasteiger partial charge is 0.251 e. The number of hydrazine groups is 1. The van der Waals surface area contributed by atoms with Crippen LogP contribution in [0.25, 0.3) is 22.2 Å². The molecule has 1 atom stereocenters. The van der Waals surface area contributed by atoms with Gasteiger partial charge in [0, 0.05) is 90.1 Å². The minimum absolute atomic E-state index is 0.0155. The van der Waals surface area contributed by atoms with Crippen molar-refractivity contribution in [1.82, 2.24) is 25.3 Å². The van der Waals surface area contributed by atoms with E-state index in [2.05, 4.69) is 38.0 Å². The van der Waals surface area contributed by atoms with Gasteiger partial charge in [0.25, 0.3) is 5.91 Å². The summed E-state index contributed by atoms with van der Waals surface area (Å²) in [5.74, 6) is 0.731. The van der Waals surface area contributed by atoms with Crippen LogP contribution in [0.15, 0.2) is 47.2 Å². The maximum Gasteiger partial charge on any atom is 0.251 e. The van der Waals surface area contributed by atoms with E-state index in [0.29, 0.717) is 12.1 Å². The molecule has 0 radical (unpaired) electrons. The van der Waals surface area contributed by atoms with Crippen molar-refractivity contribution in [1.29, 1.82) is 0 Å². The molecular weight excluding hydrogens is 404 g/mol. The highest BCUT2D eigenvalue weighted by Gasteiger charge is 2.32. The molecule has 4 N–H and O–H groups in total. The summed E-state index contributed by atoms with van der Waals surface area (Å²) in [7, 11) is 4.01. The number of aromatic amines is 1. The maximum atomic E-state index is 12.7. The first-order valence-electron chi connectivity index (χ1n) is 10.7. The average molecular weight is 433 g/mol. The lowest BCUT2D eigenvalue weighted by Gasteiger charge is -2.23. The summed E-state index contributed by atoms with van der Waals surface area (Å²) in [5.41, 5.74) is 8.81. The van der Waals surface area contributed by atoms with Crippen molar-refractivity contribution in [2.75, 3.05) is 20.2 Å². The van der Waals surface area contributed by atoms with Gasteiger partial charge < -0.3 is 25.4 Å². The maximum absolute atomic E-state index is 12.7. The fraction of sp³-hybridized carbons (Fsp3) is 0.333. The molecule has 3 aromatic rings. The van der Waals surface area contributed by atoms with E-state index in [4.69, 9.17) is 0 Å². The van der Waals surface area contributed by atoms with E-state index in [0.717, 1.165) is 39.1 Å². The Kier molecular flexibility index (Phi) is 4.72. The first-order valence-corrected chi connectivity index (χ1v) is 10.7. The topological polar surface area (TPSA) is 97.7 Å². The zero-order chi connectivity index (χ0) is 22.6. The van der Waals surface area contributed by atoms with E-state index in [1.165, 1.54) is 0 Å². The zero-order valence-corrected chi connectivity index (χ0v) is 18.7. The molecule has 8 nitrogen and oxygen atoms in total. The van der Waals surface area contributed by atoms with Crippen molar-refractivity contribution in [3.63, 3.8) is 0 Å². The number of nitrogens with one attached hydrogen (secondary N) is 3. The Labute approximate surface area is 186 Å². The van der Waals surface area contributed by atoms with Crippen LogP contribution in [0, 0.1) is 5.41 Å². The van der Waals surface area contributed by atoms with Crippen LogP contribution in [-0.2, 0) is 7.05 Å². The first kappa shape index (κ1) is 20.5. The van der Waals surface area contributed by atoms with Crippen LogP contribution in [0.3, 0.4) is 0 Å². The molecule has 4 heterocycles. The molecule has 2 aromatic heterocycles. The number of nitrogens with zero attached hydrogens (tertiary/aromatic N) is 3. The van der Waals surface area contributed by atoms with Crippen LogP contribution in [0.1, 0.15) is 35.8 Å². The zero-order valence-electron chi connectivity index (χ0n) is 18.7. The fourth-order valence-electron chi connectivity index (χ4n) is 4.33. The number of H-pyrrole nitrogens is 1. The average Bonchev–Trinajstić information content (AvgIpc) is 3.47. The summed E-state index contributed by atoms with van der Waals surface area (Å²) < 4.78 is 2.04. The number of aliphatic hydroxyl groups is 1. The quantitative estimate of drug-likeness (QED) is 0.498. The summed E-state index contributed by atoms with van der Waals surface area (Å²) in [6.07, 6.45) is 5.96. The van der Waals surface area contributed by atoms with Gasteiger partial charge in [0.05, 0.1) is 6.04 Å². The molecule has 5 rings (SSSR count). The Morgan fingerprint density at radius 3 is 2.88 bits per heavy atom. The molecular formula is C24H28N6O2. The number of amides is 1. The minimum Gasteiger partial charge on any atom is -0.396 e. The van der Waals surface area contributed by atoms with Crippen LogP contribution in [0.4, 0.5) is 5.82 Å². The van der Waals surface area contributed by atoms with Gasteiger partial charge in [-0.15, -0.1) is 0 Å². The third kappa shape index (κ3) is 3.32. The van der Waals surface area contributed by atoms with Crippen LogP contribution >= 0.6 is 0 Å². The number of aliphatic hydroxyl groups excluding tert-OH is 1. The second-order valence-electron chi connectivity index (χ2n) is 9.42. The predicted molar refractivity (Wildman–Crippen MR) is 126 cm³/mol. The van der Waals surface area contributed by atoms with Crippen molar-refractivity contribution in [2.24, 2.45) is 17.5 Å². The number of likely N-dealkylation sites (N-methyl/N-ethyl adjacent to an activating group) is 1. The number of carbonyl (C=O) groups is 1. The van der Waals surface area contributed by atoms with E-state index in [1.807, 2.05) is 63.1 Å². The number of carbonyl (C=O) groups excluding carboxylic acids is 1. The number of aromatic nitrogens is 2. The lowest BCUT2D eigenvalue weighted by atomic mass is 9.95. The highest BCUT2D eigenvalue weighted by Crippen LogP contribution is 2.42. The second-order valence-corrected chi connectivity index (χ2v) is 9.42. The number of benzene rings is 1. The van der Waals surface area contributed by atoms with Crippen molar-refractivity contribution >= 4 is 28.8 Å². The van der Waals surface area contributed by atoms with Gasteiger partial charge in [0.1, 0.15) is 5.82 Å². The normalized spacial score (nSPS) is 17.8. The number of hydrogen-bond acceptors (Lipinski definition) is 5. The molecule has 2 aliphatic rings. The highest BCUT2D eigenvalue weighted by atomic mass is 16.3. The third-order valence-electron chi connectivity index (χ3n) is 6.30. The van der Waals surface area contributed by atoms with E-state index < -0.39 is 0 Å². The van der Waals surface area contributed by atoms with Crippen LogP contribution in [0.2, 0.25) is 0 Å². The van der Waals surface area contributed by atoms with Crippen molar-refractivity contribution in [3.05, 3.63) is 53.4 Å². The lowest BCUT2D eigenvalue weighted by Crippen LogP contribution is -2.36. The Morgan fingerprint density at radius 2 is 2.09 bits per heavy atom. The Hall–Kier alpha value is -3.36. The second kappa shape index (κ2) is 7.36. The molecule has 32 heavy (non-hydrogen) atoms. The number of aryl methyl sites for hydroxylation is 1. The predicted octanol–water partition coefficient (Wildman–Crippen LogP) is 3.01. The minimum atomic E-state index is -0.356. The monoisotopic (exact) mass is 432 g/mol. The van der Waals surface area contributed by atoms with Gasteiger partial charge in [-0.3, -0.25) is 4.79 Å². The Bertz CT molecular complexity index is 1280. The summed E-state index contributed by atoms with van der Waals surface area (Å²) in [6.45, 7) is 4.26. The summed E-state index contributed by atoms with van der Waals surface area (Å²) in [6, 6.07) is 8.07. The van der Waals surface area contributed by atoms with E-state index in [-0.39, 0.29) is 24.0 Å². The van der Waals surface area contributed by atoms with Gasteiger partial charge in [-0.25, -0.2) is 10.0 Å². The molecule has 0 fully saturated rings. The van der Waals surface area contributed by atoms with E-state index in [9.17, 15) is 9.90 Å². The molecule has 1 unspecified atom stereocenters. The number of hydrogen-bond donors (Lipinski definition) is 4. The molecule has 8 heteroatoms. The first-order chi connectivity index (χ1) is 15.3.